The fourth-order valence-electron chi connectivity index (χ4n) is 4.92. The number of hydrogen-bond acceptors (Lipinski definition) is 6. The van der Waals surface area contributed by atoms with Crippen molar-refractivity contribution in [2.75, 3.05) is 6.61 Å². The van der Waals surface area contributed by atoms with Crippen LogP contribution in [0.4, 0.5) is 0 Å². The van der Waals surface area contributed by atoms with E-state index < -0.39 is 26.4 Å². The minimum absolute atomic E-state index is 0.0103. The lowest BCUT2D eigenvalue weighted by Crippen LogP contribution is -2.35. The van der Waals surface area contributed by atoms with Crippen molar-refractivity contribution in [1.82, 2.24) is 14.7 Å². The van der Waals surface area contributed by atoms with E-state index in [4.69, 9.17) is 9.72 Å². The Bertz CT molecular complexity index is 1440. The number of nitrogens with one attached hydrogen (secondary N) is 2. The van der Waals surface area contributed by atoms with Gasteiger partial charge in [0.05, 0.1) is 23.6 Å². The van der Waals surface area contributed by atoms with Crippen LogP contribution < -0.4 is 15.0 Å². The molecule has 3 atom stereocenters. The second-order valence-corrected chi connectivity index (χ2v) is 11.9. The Hall–Kier alpha value is -3.46. The first kappa shape index (κ1) is 26.6. The Morgan fingerprint density at radius 2 is 1.84 bits per heavy atom. The predicted molar refractivity (Wildman–Crippen MR) is 142 cm³/mol. The number of pyridine rings is 2. The largest absolute Gasteiger partial charge is 0.493 e. The molecule has 2 aromatic heterocycles. The summed E-state index contributed by atoms with van der Waals surface area (Å²) in [6.45, 7) is 9.02. The summed E-state index contributed by atoms with van der Waals surface area (Å²) in [5.41, 5.74) is 1.48. The zero-order valence-corrected chi connectivity index (χ0v) is 22.3. The van der Waals surface area contributed by atoms with Gasteiger partial charge in [0.2, 0.25) is 0 Å². The molecule has 0 bridgehead atoms. The molecule has 37 heavy (non-hydrogen) atoms. The van der Waals surface area contributed by atoms with Crippen molar-refractivity contribution in [3.8, 4) is 17.0 Å². The number of aromatic nitrogens is 2. The first-order valence-electron chi connectivity index (χ1n) is 12.6. The van der Waals surface area contributed by atoms with Gasteiger partial charge in [-0.1, -0.05) is 39.8 Å². The van der Waals surface area contributed by atoms with Crippen LogP contribution in [0.25, 0.3) is 11.3 Å². The number of carbonyl (C=O) groups excluding carboxylic acids is 1. The van der Waals surface area contributed by atoms with Crippen LogP contribution in [-0.4, -0.2) is 30.9 Å². The summed E-state index contributed by atoms with van der Waals surface area (Å²) in [7, 11) is -4.37. The van der Waals surface area contributed by atoms with Gasteiger partial charge < -0.3 is 9.72 Å². The second-order valence-electron chi connectivity index (χ2n) is 10.2. The van der Waals surface area contributed by atoms with E-state index in [1.165, 1.54) is 12.3 Å². The SMILES string of the molecule is CC(C)COc1cccc(-c2ccc(C(=O)NS(=O)(=O)c3ccc[nH]c3=O)c(C3[C@H](C)CC[C@@H]3C)n2)c1. The van der Waals surface area contributed by atoms with Gasteiger partial charge in [0.1, 0.15) is 5.75 Å². The van der Waals surface area contributed by atoms with E-state index in [1.54, 1.807) is 12.1 Å². The first-order chi connectivity index (χ1) is 17.6. The maximum absolute atomic E-state index is 13.3. The quantitative estimate of drug-likeness (QED) is 0.440. The Morgan fingerprint density at radius 1 is 1.11 bits per heavy atom. The summed E-state index contributed by atoms with van der Waals surface area (Å²) >= 11 is 0. The minimum Gasteiger partial charge on any atom is -0.493 e. The molecule has 2 N–H and O–H groups in total. The van der Waals surface area contributed by atoms with Gasteiger partial charge in [0.25, 0.3) is 21.5 Å². The van der Waals surface area contributed by atoms with Gasteiger partial charge in [-0.2, -0.15) is 0 Å². The van der Waals surface area contributed by atoms with Crippen molar-refractivity contribution in [3.05, 3.63) is 76.3 Å². The Kier molecular flexibility index (Phi) is 7.82. The van der Waals surface area contributed by atoms with Crippen LogP contribution >= 0.6 is 0 Å². The number of rotatable bonds is 8. The number of H-pyrrole nitrogens is 1. The van der Waals surface area contributed by atoms with Crippen LogP contribution in [0.2, 0.25) is 0 Å². The molecular formula is C28H33N3O5S. The van der Waals surface area contributed by atoms with E-state index in [-0.39, 0.29) is 23.3 Å². The van der Waals surface area contributed by atoms with Crippen LogP contribution in [0.1, 0.15) is 62.5 Å². The number of benzene rings is 1. The number of carbonyl (C=O) groups is 1. The fraction of sp³-hybridized carbons (Fsp3) is 0.393. The molecule has 3 aromatic rings. The smallest absolute Gasteiger partial charge is 0.269 e. The van der Waals surface area contributed by atoms with E-state index in [2.05, 4.69) is 37.4 Å². The Labute approximate surface area is 217 Å². The van der Waals surface area contributed by atoms with Crippen LogP contribution in [0.15, 0.2) is 64.4 Å². The van der Waals surface area contributed by atoms with Crippen molar-refractivity contribution in [1.29, 1.82) is 0 Å². The highest BCUT2D eigenvalue weighted by molar-refractivity contribution is 7.90. The third-order valence-electron chi connectivity index (χ3n) is 6.80. The molecule has 0 spiro atoms. The summed E-state index contributed by atoms with van der Waals surface area (Å²) in [5.74, 6) is 0.858. The molecule has 9 heteroatoms. The molecule has 0 aliphatic heterocycles. The van der Waals surface area contributed by atoms with E-state index >= 15 is 0 Å². The molecule has 1 amide bonds. The van der Waals surface area contributed by atoms with Gasteiger partial charge in [-0.05, 0) is 67.0 Å². The van der Waals surface area contributed by atoms with E-state index in [0.29, 0.717) is 23.9 Å². The van der Waals surface area contributed by atoms with Crippen LogP contribution in [0.3, 0.4) is 0 Å². The van der Waals surface area contributed by atoms with Crippen LogP contribution in [0.5, 0.6) is 5.75 Å². The Morgan fingerprint density at radius 3 is 2.51 bits per heavy atom. The average molecular weight is 524 g/mol. The third kappa shape index (κ3) is 5.93. The van der Waals surface area contributed by atoms with Crippen molar-refractivity contribution in [3.63, 3.8) is 0 Å². The second kappa shape index (κ2) is 10.9. The molecular weight excluding hydrogens is 490 g/mol. The maximum Gasteiger partial charge on any atom is 0.269 e. The number of ether oxygens (including phenoxy) is 1. The number of sulfonamides is 1. The van der Waals surface area contributed by atoms with Crippen LogP contribution in [0, 0.1) is 17.8 Å². The molecule has 1 aromatic carbocycles. The van der Waals surface area contributed by atoms with Gasteiger partial charge in [0.15, 0.2) is 4.90 Å². The van der Waals surface area contributed by atoms with Gasteiger partial charge in [0, 0.05) is 17.7 Å². The van der Waals surface area contributed by atoms with Gasteiger partial charge in [-0.15, -0.1) is 0 Å². The zero-order valence-electron chi connectivity index (χ0n) is 21.5. The molecule has 8 nitrogen and oxygen atoms in total. The lowest BCUT2D eigenvalue weighted by molar-refractivity contribution is 0.0979. The van der Waals surface area contributed by atoms with Crippen LogP contribution in [-0.2, 0) is 10.0 Å². The van der Waals surface area contributed by atoms with Crippen molar-refractivity contribution in [2.24, 2.45) is 17.8 Å². The van der Waals surface area contributed by atoms with Crippen molar-refractivity contribution < 1.29 is 17.9 Å². The normalized spacial score (nSPS) is 19.6. The molecule has 2 heterocycles. The highest BCUT2D eigenvalue weighted by atomic mass is 32.2. The molecule has 1 unspecified atom stereocenters. The maximum atomic E-state index is 13.3. The summed E-state index contributed by atoms with van der Waals surface area (Å²) < 4.78 is 33.6. The van der Waals surface area contributed by atoms with E-state index in [1.807, 2.05) is 24.3 Å². The first-order valence-corrected chi connectivity index (χ1v) is 14.0. The average Bonchev–Trinajstić information content (AvgIpc) is 3.20. The molecule has 4 rings (SSSR count). The Balaban J connectivity index is 1.73. The molecule has 1 fully saturated rings. The summed E-state index contributed by atoms with van der Waals surface area (Å²) in [4.78, 5) is 32.1. The van der Waals surface area contributed by atoms with Gasteiger partial charge >= 0.3 is 0 Å². The number of aromatic amines is 1. The lowest BCUT2D eigenvalue weighted by atomic mass is 9.85. The predicted octanol–water partition coefficient (Wildman–Crippen LogP) is 4.74. The zero-order chi connectivity index (χ0) is 26.7. The fourth-order valence-corrected chi connectivity index (χ4v) is 5.95. The third-order valence-corrected chi connectivity index (χ3v) is 8.15. The number of amides is 1. The molecule has 1 aliphatic carbocycles. The lowest BCUT2D eigenvalue weighted by Gasteiger charge is -2.23. The topological polar surface area (TPSA) is 118 Å². The van der Waals surface area contributed by atoms with Gasteiger partial charge in [-0.25, -0.2) is 13.1 Å². The van der Waals surface area contributed by atoms with Crippen molar-refractivity contribution >= 4 is 15.9 Å². The molecule has 0 radical (unpaired) electrons. The molecule has 0 saturated heterocycles. The number of nitrogens with zero attached hydrogens (tertiary/aromatic N) is 1. The molecule has 196 valence electrons. The summed E-state index contributed by atoms with van der Waals surface area (Å²) in [6, 6.07) is 13.5. The minimum atomic E-state index is -4.37. The van der Waals surface area contributed by atoms with E-state index in [0.717, 1.165) is 30.2 Å². The molecule has 1 aliphatic rings. The summed E-state index contributed by atoms with van der Waals surface area (Å²) in [5, 5.41) is 0. The monoisotopic (exact) mass is 523 g/mol. The number of hydrogen-bond donors (Lipinski definition) is 2. The highest BCUT2D eigenvalue weighted by Gasteiger charge is 2.36. The van der Waals surface area contributed by atoms with Crippen molar-refractivity contribution in [2.45, 2.75) is 51.3 Å². The molecule has 1 saturated carbocycles. The van der Waals surface area contributed by atoms with Gasteiger partial charge in [-0.3, -0.25) is 14.6 Å². The standard InChI is InChI=1S/C28H33N3O5S/c1-17(2)16-36-21-8-5-7-20(15-21)23-13-12-22(26(30-23)25-18(3)10-11-19(25)4)27(32)31-37(34,35)24-9-6-14-29-28(24)33/h5-9,12-15,17-19,25H,10-11,16H2,1-4H3,(H,29,33)(H,31,32)/t18-,19+,25?. The highest BCUT2D eigenvalue weighted by Crippen LogP contribution is 2.44. The van der Waals surface area contributed by atoms with E-state index in [9.17, 15) is 18.0 Å². The summed E-state index contributed by atoms with van der Waals surface area (Å²) in [6.07, 6.45) is 3.32.